The summed E-state index contributed by atoms with van der Waals surface area (Å²) in [7, 11) is 0. The van der Waals surface area contributed by atoms with Crippen LogP contribution in [0.15, 0.2) is 0 Å². The minimum atomic E-state index is -1.00. The number of carboxylic acid groups (broad SMARTS) is 3. The van der Waals surface area contributed by atoms with Crippen LogP contribution in [-0.4, -0.2) is 135 Å². The summed E-state index contributed by atoms with van der Waals surface area (Å²) in [4.78, 5) is 53.7. The number of rotatable bonds is 8. The number of hydrogen-bond donors (Lipinski definition) is 3. The lowest BCUT2D eigenvalue weighted by molar-refractivity contribution is -0.142. The first-order valence-corrected chi connectivity index (χ1v) is 10.9. The molecule has 0 amide bonds. The minimum Gasteiger partial charge on any atom is -0.480 e. The highest BCUT2D eigenvalue weighted by atomic mass is 16.4. The fourth-order valence-corrected chi connectivity index (χ4v) is 4.23. The molecule has 1 fully saturated rings. The van der Waals surface area contributed by atoms with Gasteiger partial charge in [-0.2, -0.15) is 0 Å². The minimum absolute atomic E-state index is 0.0280. The van der Waals surface area contributed by atoms with E-state index in [-0.39, 0.29) is 56.1 Å². The molecule has 0 aromatic carbocycles. The molecule has 0 unspecified atom stereocenters. The molecule has 11 heteroatoms. The second-order valence-electron chi connectivity index (χ2n) is 9.00. The standard InChI is InChI=1S/C21H38N4O7/c1-14-7-23(11-19(27)28)16(3)9-25(13-21(31)32)17(4)8-24(12-20(29)30)15(2)6-22(14)10-18(5)26/h14-17H,6-13H2,1-5H3,(H,27,28)(H,29,30)(H,31,32)/t14-,15-,16-,17-/m0/s1. The summed E-state index contributed by atoms with van der Waals surface area (Å²) in [5, 5.41) is 28.2. The van der Waals surface area contributed by atoms with Gasteiger partial charge in [-0.3, -0.25) is 38.8 Å². The van der Waals surface area contributed by atoms with Gasteiger partial charge in [0.15, 0.2) is 0 Å². The van der Waals surface area contributed by atoms with Crippen LogP contribution in [0.5, 0.6) is 0 Å². The number of ketones is 1. The molecule has 3 N–H and O–H groups in total. The number of carboxylic acids is 3. The summed E-state index contributed by atoms with van der Waals surface area (Å²) >= 11 is 0. The van der Waals surface area contributed by atoms with Crippen LogP contribution < -0.4 is 0 Å². The first-order valence-electron chi connectivity index (χ1n) is 10.9. The Morgan fingerprint density at radius 2 is 0.781 bits per heavy atom. The van der Waals surface area contributed by atoms with Gasteiger partial charge in [0.2, 0.25) is 0 Å². The summed E-state index contributed by atoms with van der Waals surface area (Å²) in [6.07, 6.45) is 0. The van der Waals surface area contributed by atoms with E-state index in [0.717, 1.165) is 0 Å². The SMILES string of the molecule is CC(=O)CN1C[C@H](C)N(CC(=O)O)C[C@H](C)N(CC(=O)O)C[C@H](C)N(CC(=O)O)C[C@@H]1C. The van der Waals surface area contributed by atoms with E-state index >= 15 is 0 Å². The summed E-state index contributed by atoms with van der Waals surface area (Å²) in [6, 6.07) is -0.925. The number of aliphatic carboxylic acids is 3. The lowest BCUT2D eigenvalue weighted by Crippen LogP contribution is -2.58. The normalized spacial score (nSPS) is 27.9. The van der Waals surface area contributed by atoms with Crippen molar-refractivity contribution in [1.29, 1.82) is 0 Å². The van der Waals surface area contributed by atoms with Gasteiger partial charge >= 0.3 is 17.9 Å². The maximum atomic E-state index is 11.9. The van der Waals surface area contributed by atoms with Crippen molar-refractivity contribution in [1.82, 2.24) is 19.6 Å². The van der Waals surface area contributed by atoms with E-state index in [0.29, 0.717) is 26.2 Å². The van der Waals surface area contributed by atoms with Crippen LogP contribution >= 0.6 is 0 Å². The first kappa shape index (κ1) is 28.0. The van der Waals surface area contributed by atoms with E-state index in [2.05, 4.69) is 0 Å². The van der Waals surface area contributed by atoms with E-state index < -0.39 is 17.9 Å². The number of carbonyl (C=O) groups excluding carboxylic acids is 1. The Morgan fingerprint density at radius 3 is 0.969 bits per heavy atom. The third-order valence-corrected chi connectivity index (χ3v) is 5.93. The highest BCUT2D eigenvalue weighted by molar-refractivity contribution is 5.77. The van der Waals surface area contributed by atoms with E-state index in [1.54, 1.807) is 14.7 Å². The van der Waals surface area contributed by atoms with Gasteiger partial charge in [-0.25, -0.2) is 0 Å². The van der Waals surface area contributed by atoms with Crippen LogP contribution in [0, 0.1) is 0 Å². The number of nitrogens with zero attached hydrogens (tertiary/aromatic N) is 4. The fraction of sp³-hybridized carbons (Fsp3) is 0.810. The zero-order valence-corrected chi connectivity index (χ0v) is 19.7. The van der Waals surface area contributed by atoms with E-state index in [4.69, 9.17) is 0 Å². The monoisotopic (exact) mass is 458 g/mol. The van der Waals surface area contributed by atoms with Gasteiger partial charge in [-0.05, 0) is 34.6 Å². The Labute approximate surface area is 189 Å². The van der Waals surface area contributed by atoms with Crippen molar-refractivity contribution in [3.8, 4) is 0 Å². The van der Waals surface area contributed by atoms with Crippen molar-refractivity contribution < 1.29 is 34.5 Å². The maximum absolute atomic E-state index is 11.9. The molecule has 4 atom stereocenters. The Hall–Kier alpha value is -2.08. The van der Waals surface area contributed by atoms with E-state index in [1.807, 2.05) is 32.6 Å². The molecule has 0 spiro atoms. The van der Waals surface area contributed by atoms with E-state index in [9.17, 15) is 34.5 Å². The molecule has 1 aliphatic heterocycles. The van der Waals surface area contributed by atoms with Gasteiger partial charge in [-0.1, -0.05) is 0 Å². The van der Waals surface area contributed by atoms with Crippen molar-refractivity contribution in [2.75, 3.05) is 52.4 Å². The average molecular weight is 459 g/mol. The topological polar surface area (TPSA) is 142 Å². The molecule has 11 nitrogen and oxygen atoms in total. The van der Waals surface area contributed by atoms with Crippen molar-refractivity contribution >= 4 is 23.7 Å². The molecule has 184 valence electrons. The Kier molecular flexibility index (Phi) is 11.2. The van der Waals surface area contributed by atoms with Gasteiger partial charge < -0.3 is 15.3 Å². The summed E-state index contributed by atoms with van der Waals surface area (Å²) in [6.45, 7) is 10.0. The smallest absolute Gasteiger partial charge is 0.317 e. The van der Waals surface area contributed by atoms with E-state index in [1.165, 1.54) is 6.92 Å². The fourth-order valence-electron chi connectivity index (χ4n) is 4.23. The zero-order valence-electron chi connectivity index (χ0n) is 19.7. The first-order chi connectivity index (χ1) is 14.8. The van der Waals surface area contributed by atoms with Crippen molar-refractivity contribution in [3.63, 3.8) is 0 Å². The summed E-state index contributed by atoms with van der Waals surface area (Å²) in [5.74, 6) is -2.99. The molecule has 1 aliphatic rings. The third-order valence-electron chi connectivity index (χ3n) is 5.93. The number of hydrogen-bond acceptors (Lipinski definition) is 8. The molecule has 0 aromatic rings. The molecule has 0 bridgehead atoms. The lowest BCUT2D eigenvalue weighted by Gasteiger charge is -2.42. The zero-order chi connectivity index (χ0) is 24.6. The highest BCUT2D eigenvalue weighted by Crippen LogP contribution is 2.15. The predicted octanol–water partition coefficient (Wildman–Crippen LogP) is -0.395. The molecule has 0 aromatic heterocycles. The van der Waals surface area contributed by atoms with Gasteiger partial charge in [0.1, 0.15) is 5.78 Å². The third kappa shape index (κ3) is 9.60. The second-order valence-corrected chi connectivity index (χ2v) is 9.00. The molecule has 1 rings (SSSR count). The predicted molar refractivity (Wildman–Crippen MR) is 118 cm³/mol. The van der Waals surface area contributed by atoms with Crippen LogP contribution in [0.25, 0.3) is 0 Å². The summed E-state index contributed by atoms with van der Waals surface area (Å²) < 4.78 is 0. The van der Waals surface area contributed by atoms with Gasteiger partial charge in [0.25, 0.3) is 0 Å². The van der Waals surface area contributed by atoms with Crippen molar-refractivity contribution in [3.05, 3.63) is 0 Å². The Morgan fingerprint density at radius 1 is 0.562 bits per heavy atom. The quantitative estimate of drug-likeness (QED) is 0.437. The largest absolute Gasteiger partial charge is 0.480 e. The molecular formula is C21H38N4O7. The molecule has 1 heterocycles. The van der Waals surface area contributed by atoms with Gasteiger partial charge in [0, 0.05) is 50.3 Å². The van der Waals surface area contributed by atoms with Crippen molar-refractivity contribution in [2.24, 2.45) is 0 Å². The van der Waals surface area contributed by atoms with Crippen molar-refractivity contribution in [2.45, 2.75) is 58.8 Å². The van der Waals surface area contributed by atoms with Crippen LogP contribution in [0.3, 0.4) is 0 Å². The second kappa shape index (κ2) is 12.8. The van der Waals surface area contributed by atoms with Crippen LogP contribution in [0.1, 0.15) is 34.6 Å². The number of Topliss-reactive ketones (excluding diaryl/α,β-unsaturated/α-hetero) is 1. The van der Waals surface area contributed by atoms with Crippen LogP contribution in [0.4, 0.5) is 0 Å². The molecular weight excluding hydrogens is 420 g/mol. The molecule has 32 heavy (non-hydrogen) atoms. The summed E-state index contributed by atoms with van der Waals surface area (Å²) in [5.41, 5.74) is 0. The molecule has 1 saturated heterocycles. The number of carbonyl (C=O) groups is 4. The lowest BCUT2D eigenvalue weighted by atomic mass is 10.1. The molecule has 0 radical (unpaired) electrons. The van der Waals surface area contributed by atoms with Gasteiger partial charge in [-0.15, -0.1) is 0 Å². The van der Waals surface area contributed by atoms with Crippen LogP contribution in [0.2, 0.25) is 0 Å². The van der Waals surface area contributed by atoms with Crippen LogP contribution in [-0.2, 0) is 19.2 Å². The Bertz CT molecular complexity index is 563. The molecule has 0 aliphatic carbocycles. The Balaban J connectivity index is 3.34. The molecule has 0 saturated carbocycles. The van der Waals surface area contributed by atoms with Gasteiger partial charge in [0.05, 0.1) is 26.2 Å². The maximum Gasteiger partial charge on any atom is 0.317 e. The average Bonchev–Trinajstić information content (AvgIpc) is 2.63. The highest BCUT2D eigenvalue weighted by Gasteiger charge is 2.31.